The minimum Gasteiger partial charge on any atom is -0.465 e. The molecule has 1 atom stereocenters. The molecule has 174 valence electrons. The molecule has 1 heterocycles. The normalized spacial score (nSPS) is 16.0. The van der Waals surface area contributed by atoms with Crippen molar-refractivity contribution in [2.45, 2.75) is 46.5 Å². The Kier molecular flexibility index (Phi) is 6.65. The lowest BCUT2D eigenvalue weighted by molar-refractivity contribution is 0.0600. The van der Waals surface area contributed by atoms with Gasteiger partial charge >= 0.3 is 5.97 Å². The second-order valence-electron chi connectivity index (χ2n) is 8.38. The fraction of sp³-hybridized carbons (Fsp3) is 0.455. The summed E-state index contributed by atoms with van der Waals surface area (Å²) in [5, 5.41) is 2.12. The molecule has 1 aliphatic carbocycles. The fourth-order valence-electron chi connectivity index (χ4n) is 3.92. The van der Waals surface area contributed by atoms with E-state index in [9.17, 15) is 31.5 Å². The Morgan fingerprint density at radius 2 is 1.59 bits per heavy atom. The summed E-state index contributed by atoms with van der Waals surface area (Å²) in [6.07, 6.45) is 2.89. The van der Waals surface area contributed by atoms with Gasteiger partial charge in [-0.25, -0.2) is 26.7 Å². The number of halogens is 5. The maximum atomic E-state index is 14.1. The molecule has 1 aromatic heterocycles. The number of esters is 1. The van der Waals surface area contributed by atoms with Crippen LogP contribution >= 0.6 is 11.3 Å². The third-order valence-electron chi connectivity index (χ3n) is 6.34. The monoisotopic (exact) mass is 475 g/mol. The molecule has 10 heteroatoms. The minimum atomic E-state index is -2.36. The number of nitrogens with one attached hydrogen (secondary N) is 1. The molecule has 0 radical (unpaired) electrons. The average Bonchev–Trinajstić information content (AvgIpc) is 3.12. The Hall–Kier alpha value is -2.49. The average molecular weight is 475 g/mol. The molecule has 0 bridgehead atoms. The van der Waals surface area contributed by atoms with Gasteiger partial charge < -0.3 is 10.1 Å². The Balaban J connectivity index is 2.03. The van der Waals surface area contributed by atoms with Gasteiger partial charge in [-0.15, -0.1) is 11.3 Å². The van der Waals surface area contributed by atoms with Gasteiger partial charge in [0.25, 0.3) is 5.91 Å². The molecule has 1 N–H and O–H groups in total. The summed E-state index contributed by atoms with van der Waals surface area (Å²) in [6.45, 7) is 6.37. The van der Waals surface area contributed by atoms with Crippen molar-refractivity contribution in [1.29, 1.82) is 0 Å². The van der Waals surface area contributed by atoms with Crippen molar-refractivity contribution in [3.63, 3.8) is 0 Å². The summed E-state index contributed by atoms with van der Waals surface area (Å²) in [5.74, 6) is -13.3. The van der Waals surface area contributed by atoms with Crippen LogP contribution in [-0.2, 0) is 17.6 Å². The van der Waals surface area contributed by atoms with Crippen LogP contribution in [0.1, 0.15) is 64.8 Å². The molecule has 4 nitrogen and oxygen atoms in total. The van der Waals surface area contributed by atoms with Crippen molar-refractivity contribution in [3.8, 4) is 0 Å². The standard InChI is InChI=1S/C22H22F5NO3S/c1-5-22(2,3)9-6-7-10-11(8-9)32-20(12(10)21(30)31-4)28-19(29)13-14(23)16(25)18(27)17(26)15(13)24/h9H,5-8H2,1-4H3,(H,28,29). The van der Waals surface area contributed by atoms with Gasteiger partial charge in [0, 0.05) is 4.88 Å². The van der Waals surface area contributed by atoms with Crippen molar-refractivity contribution < 1.29 is 36.3 Å². The Labute approximate surface area is 185 Å². The highest BCUT2D eigenvalue weighted by Crippen LogP contribution is 2.45. The van der Waals surface area contributed by atoms with Crippen LogP contribution in [-0.4, -0.2) is 19.0 Å². The molecule has 0 saturated carbocycles. The van der Waals surface area contributed by atoms with Crippen LogP contribution in [0.15, 0.2) is 0 Å². The number of anilines is 1. The number of amides is 1. The molecule has 0 fully saturated rings. The largest absolute Gasteiger partial charge is 0.465 e. The summed E-state index contributed by atoms with van der Waals surface area (Å²) in [7, 11) is 1.15. The van der Waals surface area contributed by atoms with Crippen molar-refractivity contribution in [1.82, 2.24) is 0 Å². The molecule has 0 aliphatic heterocycles. The Morgan fingerprint density at radius 3 is 2.12 bits per heavy atom. The van der Waals surface area contributed by atoms with Crippen molar-refractivity contribution in [2.24, 2.45) is 11.3 Å². The third kappa shape index (κ3) is 4.00. The van der Waals surface area contributed by atoms with Gasteiger partial charge in [-0.3, -0.25) is 4.79 Å². The molecule has 1 aliphatic rings. The third-order valence-corrected chi connectivity index (χ3v) is 7.50. The van der Waals surface area contributed by atoms with E-state index in [0.717, 1.165) is 36.2 Å². The number of benzene rings is 1. The summed E-state index contributed by atoms with van der Waals surface area (Å²) in [5.41, 5.74) is -0.880. The number of carbonyl (C=O) groups excluding carboxylic acids is 2. The van der Waals surface area contributed by atoms with E-state index in [4.69, 9.17) is 4.74 Å². The Bertz CT molecular complexity index is 1070. The smallest absolute Gasteiger partial charge is 0.341 e. The van der Waals surface area contributed by atoms with Crippen LogP contribution in [0, 0.1) is 40.4 Å². The fourth-order valence-corrected chi connectivity index (χ4v) is 5.23. The second kappa shape index (κ2) is 8.80. The van der Waals surface area contributed by atoms with E-state index in [1.165, 1.54) is 0 Å². The van der Waals surface area contributed by atoms with Crippen LogP contribution in [0.2, 0.25) is 0 Å². The molecular formula is C22H22F5NO3S. The predicted molar refractivity (Wildman–Crippen MR) is 109 cm³/mol. The molecule has 32 heavy (non-hydrogen) atoms. The second-order valence-corrected chi connectivity index (χ2v) is 9.49. The zero-order chi connectivity index (χ0) is 24.0. The first-order valence-electron chi connectivity index (χ1n) is 10.00. The van der Waals surface area contributed by atoms with E-state index in [1.54, 1.807) is 0 Å². The van der Waals surface area contributed by atoms with Crippen LogP contribution in [0.3, 0.4) is 0 Å². The highest BCUT2D eigenvalue weighted by molar-refractivity contribution is 7.17. The molecule has 1 unspecified atom stereocenters. The van der Waals surface area contributed by atoms with Gasteiger partial charge in [-0.05, 0) is 36.2 Å². The maximum Gasteiger partial charge on any atom is 0.341 e. The van der Waals surface area contributed by atoms with Gasteiger partial charge in [0.1, 0.15) is 10.6 Å². The molecule has 2 aromatic rings. The van der Waals surface area contributed by atoms with Crippen LogP contribution in [0.25, 0.3) is 0 Å². The lowest BCUT2D eigenvalue weighted by atomic mass is 9.69. The van der Waals surface area contributed by atoms with Crippen LogP contribution in [0.4, 0.5) is 27.0 Å². The molecule has 0 saturated heterocycles. The van der Waals surface area contributed by atoms with Crippen molar-refractivity contribution >= 4 is 28.2 Å². The highest BCUT2D eigenvalue weighted by Gasteiger charge is 2.36. The lowest BCUT2D eigenvalue weighted by Gasteiger charge is -2.36. The van der Waals surface area contributed by atoms with E-state index in [1.807, 2.05) is 0 Å². The van der Waals surface area contributed by atoms with Crippen molar-refractivity contribution in [2.75, 3.05) is 12.4 Å². The van der Waals surface area contributed by atoms with Crippen LogP contribution in [0.5, 0.6) is 0 Å². The summed E-state index contributed by atoms with van der Waals surface area (Å²) >= 11 is 1.04. The number of rotatable bonds is 5. The summed E-state index contributed by atoms with van der Waals surface area (Å²) < 4.78 is 73.3. The van der Waals surface area contributed by atoms with Crippen LogP contribution < -0.4 is 5.32 Å². The van der Waals surface area contributed by atoms with Gasteiger partial charge in [0.05, 0.1) is 12.7 Å². The molecule has 1 aromatic carbocycles. The zero-order valence-corrected chi connectivity index (χ0v) is 18.7. The lowest BCUT2D eigenvalue weighted by Crippen LogP contribution is -2.28. The SMILES string of the molecule is CCC(C)(C)C1CCc2c(sc(NC(=O)c3c(F)c(F)c(F)c(F)c3F)c2C(=O)OC)C1. The maximum absolute atomic E-state index is 14.1. The first-order chi connectivity index (χ1) is 14.9. The molecule has 0 spiro atoms. The van der Waals surface area contributed by atoms with Gasteiger partial charge in [-0.1, -0.05) is 27.2 Å². The number of hydrogen-bond acceptors (Lipinski definition) is 4. The first kappa shape index (κ1) is 24.2. The number of fused-ring (bicyclic) bond motifs is 1. The van der Waals surface area contributed by atoms with E-state index in [0.29, 0.717) is 24.3 Å². The molecule has 3 rings (SSSR count). The van der Waals surface area contributed by atoms with E-state index < -0.39 is 46.5 Å². The first-order valence-corrected chi connectivity index (χ1v) is 10.8. The summed E-state index contributed by atoms with van der Waals surface area (Å²) in [6, 6.07) is 0. The molecular weight excluding hydrogens is 453 g/mol. The van der Waals surface area contributed by atoms with E-state index >= 15 is 0 Å². The van der Waals surface area contributed by atoms with Crippen molar-refractivity contribution in [3.05, 3.63) is 50.7 Å². The van der Waals surface area contributed by atoms with Gasteiger partial charge in [-0.2, -0.15) is 0 Å². The predicted octanol–water partition coefficient (Wildman–Crippen LogP) is 6.02. The zero-order valence-electron chi connectivity index (χ0n) is 17.9. The topological polar surface area (TPSA) is 55.4 Å². The van der Waals surface area contributed by atoms with E-state index in [2.05, 4.69) is 26.1 Å². The number of methoxy groups -OCH3 is 1. The Morgan fingerprint density at radius 1 is 1.03 bits per heavy atom. The summed E-state index contributed by atoms with van der Waals surface area (Å²) in [4.78, 5) is 25.8. The quantitative estimate of drug-likeness (QED) is 0.249. The van der Waals surface area contributed by atoms with Gasteiger partial charge in [0.15, 0.2) is 23.3 Å². The number of carbonyl (C=O) groups is 2. The molecule has 1 amide bonds. The van der Waals surface area contributed by atoms with Gasteiger partial charge in [0.2, 0.25) is 5.82 Å². The highest BCUT2D eigenvalue weighted by atomic mass is 32.1. The number of ether oxygens (including phenoxy) is 1. The minimum absolute atomic E-state index is 0.0337. The number of thiophene rings is 1. The number of hydrogen-bond donors (Lipinski definition) is 1. The van der Waals surface area contributed by atoms with E-state index in [-0.39, 0.29) is 16.0 Å².